The molecule has 0 atom stereocenters. The Labute approximate surface area is 246 Å². The van der Waals surface area contributed by atoms with E-state index in [0.717, 1.165) is 65.6 Å². The first-order valence-corrected chi connectivity index (χ1v) is 15.3. The van der Waals surface area contributed by atoms with Gasteiger partial charge in [-0.3, -0.25) is 15.0 Å². The molecule has 0 N–H and O–H groups in total. The highest BCUT2D eigenvalue weighted by molar-refractivity contribution is 5.91. The van der Waals surface area contributed by atoms with Crippen LogP contribution < -0.4 is 0 Å². The average Bonchev–Trinajstić information content (AvgIpc) is 3.80. The molecule has 5 heteroatoms. The quantitative estimate of drug-likeness (QED) is 0.227. The molecule has 2 aliphatic rings. The highest BCUT2D eigenvalue weighted by Crippen LogP contribution is 2.50. The lowest BCUT2D eigenvalue weighted by molar-refractivity contribution is -0.000103. The van der Waals surface area contributed by atoms with Crippen molar-refractivity contribution in [3.8, 4) is 22.4 Å². The molecule has 1 saturated carbocycles. The fourth-order valence-corrected chi connectivity index (χ4v) is 6.58. The van der Waals surface area contributed by atoms with Gasteiger partial charge in [0.1, 0.15) is 0 Å². The summed E-state index contributed by atoms with van der Waals surface area (Å²) >= 11 is 0. The maximum atomic E-state index is 5.18. The Morgan fingerprint density at radius 3 is 2.34 bits per heavy atom. The van der Waals surface area contributed by atoms with E-state index >= 15 is 0 Å². The average molecular weight is 548 g/mol. The summed E-state index contributed by atoms with van der Waals surface area (Å²) in [4.78, 5) is 21.5. The number of benzene rings is 2. The lowest BCUT2D eigenvalue weighted by atomic mass is 9.77. The molecule has 2 heterocycles. The van der Waals surface area contributed by atoms with Crippen molar-refractivity contribution in [3.63, 3.8) is 0 Å². The summed E-state index contributed by atoms with van der Waals surface area (Å²) in [6, 6.07) is 12.9. The van der Waals surface area contributed by atoms with Crippen LogP contribution in [-0.2, 0) is 6.42 Å². The third-order valence-electron chi connectivity index (χ3n) is 9.24. The Bertz CT molecular complexity index is 1490. The first-order valence-electron chi connectivity index (χ1n) is 15.3. The van der Waals surface area contributed by atoms with Crippen molar-refractivity contribution in [2.45, 2.75) is 73.6 Å². The lowest BCUT2D eigenvalue weighted by Gasteiger charge is -2.49. The molecule has 2 fully saturated rings. The summed E-state index contributed by atoms with van der Waals surface area (Å²) in [5, 5.41) is 0. The van der Waals surface area contributed by atoms with Crippen LogP contribution in [0.3, 0.4) is 0 Å². The van der Waals surface area contributed by atoms with Crippen molar-refractivity contribution in [2.24, 2.45) is 21.3 Å². The Balaban J connectivity index is 1.41. The van der Waals surface area contributed by atoms with E-state index in [1.807, 2.05) is 19.3 Å². The number of nitrogens with zero attached hydrogens (tertiary/aromatic N) is 5. The highest BCUT2D eigenvalue weighted by Gasteiger charge is 2.48. The van der Waals surface area contributed by atoms with Gasteiger partial charge in [-0.05, 0) is 93.2 Å². The van der Waals surface area contributed by atoms with Gasteiger partial charge >= 0.3 is 0 Å². The summed E-state index contributed by atoms with van der Waals surface area (Å²) in [6.07, 6.45) is 9.38. The SMILES string of the molecule is C=N/C=C(\N=C(CC)CCN1CC(C)(C2CC2)C1)c1cccc(-c2cccc(-c3cnc(CC)c(C)n3)c2C)c1C. The normalized spacial score (nSPS) is 17.4. The molecule has 214 valence electrons. The second kappa shape index (κ2) is 12.2. The number of rotatable bonds is 11. The first-order chi connectivity index (χ1) is 19.8. The van der Waals surface area contributed by atoms with Crippen LogP contribution in [0, 0.1) is 32.1 Å². The van der Waals surface area contributed by atoms with Gasteiger partial charge in [-0.25, -0.2) is 4.98 Å². The largest absolute Gasteiger partial charge is 0.302 e. The zero-order valence-corrected chi connectivity index (χ0v) is 25.8. The molecule has 1 aliphatic carbocycles. The fourth-order valence-electron chi connectivity index (χ4n) is 6.58. The standard InChI is InChI=1S/C36H45N5/c1-8-28(18-19-41-22-36(6,23-41)27-16-17-27)40-34(20-37-7)31-14-10-12-29(24(31)3)30-13-11-15-32(25(30)4)35-21-38-33(9-2)26(5)39-35/h10-15,20-21,27H,7-9,16-19,22-23H2,1-6H3/b34-20-,40-28?. The predicted molar refractivity (Wildman–Crippen MR) is 174 cm³/mol. The van der Waals surface area contributed by atoms with Gasteiger partial charge in [0.05, 0.1) is 35.2 Å². The van der Waals surface area contributed by atoms with Crippen LogP contribution in [0.25, 0.3) is 28.1 Å². The van der Waals surface area contributed by atoms with Crippen molar-refractivity contribution < 1.29 is 0 Å². The predicted octanol–water partition coefficient (Wildman–Crippen LogP) is 8.27. The maximum Gasteiger partial charge on any atom is 0.0891 e. The minimum Gasteiger partial charge on any atom is -0.302 e. The van der Waals surface area contributed by atoms with Crippen LogP contribution in [0.5, 0.6) is 0 Å². The number of hydrogen-bond donors (Lipinski definition) is 0. The molecule has 0 unspecified atom stereocenters. The zero-order valence-electron chi connectivity index (χ0n) is 25.8. The molecule has 41 heavy (non-hydrogen) atoms. The van der Waals surface area contributed by atoms with Gasteiger partial charge in [-0.15, -0.1) is 0 Å². The van der Waals surface area contributed by atoms with Crippen LogP contribution in [-0.4, -0.2) is 46.9 Å². The lowest BCUT2D eigenvalue weighted by Crippen LogP contribution is -2.56. The molecule has 0 radical (unpaired) electrons. The summed E-state index contributed by atoms with van der Waals surface area (Å²) in [5.74, 6) is 0.963. The van der Waals surface area contributed by atoms with Gasteiger partial charge in [-0.1, -0.05) is 57.2 Å². The number of aryl methyl sites for hydroxylation is 2. The van der Waals surface area contributed by atoms with E-state index in [1.165, 1.54) is 53.9 Å². The van der Waals surface area contributed by atoms with Gasteiger partial charge in [-0.2, -0.15) is 0 Å². The van der Waals surface area contributed by atoms with Gasteiger partial charge in [0, 0.05) is 36.5 Å². The molecule has 5 rings (SSSR count). The highest BCUT2D eigenvalue weighted by atomic mass is 15.2. The monoisotopic (exact) mass is 547 g/mol. The summed E-state index contributed by atoms with van der Waals surface area (Å²) in [7, 11) is 0. The zero-order chi connectivity index (χ0) is 29.1. The van der Waals surface area contributed by atoms with Crippen molar-refractivity contribution in [2.75, 3.05) is 19.6 Å². The minimum atomic E-state index is 0.554. The van der Waals surface area contributed by atoms with Crippen molar-refractivity contribution in [1.29, 1.82) is 0 Å². The number of aliphatic imine (C=N–C) groups is 2. The van der Waals surface area contributed by atoms with Gasteiger partial charge in [0.25, 0.3) is 0 Å². The third-order valence-corrected chi connectivity index (χ3v) is 9.24. The molecule has 0 spiro atoms. The van der Waals surface area contributed by atoms with E-state index in [1.54, 1.807) is 0 Å². The summed E-state index contributed by atoms with van der Waals surface area (Å²) in [6.45, 7) is 20.5. The molecule has 1 aromatic heterocycles. The van der Waals surface area contributed by atoms with E-state index < -0.39 is 0 Å². The number of likely N-dealkylation sites (tertiary alicyclic amines) is 1. The Hall–Kier alpha value is -3.44. The smallest absolute Gasteiger partial charge is 0.0891 e. The van der Waals surface area contributed by atoms with Crippen molar-refractivity contribution in [3.05, 3.63) is 76.9 Å². The maximum absolute atomic E-state index is 5.18. The number of hydrogen-bond acceptors (Lipinski definition) is 5. The van der Waals surface area contributed by atoms with Crippen LogP contribution in [0.2, 0.25) is 0 Å². The Morgan fingerprint density at radius 1 is 1.02 bits per heavy atom. The molecule has 0 amide bonds. The van der Waals surface area contributed by atoms with Crippen LogP contribution in [0.1, 0.15) is 74.5 Å². The molecule has 3 aromatic rings. The molecule has 5 nitrogen and oxygen atoms in total. The van der Waals surface area contributed by atoms with E-state index in [9.17, 15) is 0 Å². The topological polar surface area (TPSA) is 53.7 Å². The Morgan fingerprint density at radius 2 is 1.71 bits per heavy atom. The summed E-state index contributed by atoms with van der Waals surface area (Å²) < 4.78 is 0. The van der Waals surface area contributed by atoms with E-state index in [2.05, 4.69) is 92.6 Å². The minimum absolute atomic E-state index is 0.554. The Kier molecular flexibility index (Phi) is 8.65. The second-order valence-corrected chi connectivity index (χ2v) is 12.2. The van der Waals surface area contributed by atoms with Crippen molar-refractivity contribution >= 4 is 18.1 Å². The molecule has 0 bridgehead atoms. The molecular weight excluding hydrogens is 502 g/mol. The molecule has 1 saturated heterocycles. The van der Waals surface area contributed by atoms with Gasteiger partial charge < -0.3 is 4.90 Å². The molecule has 1 aliphatic heterocycles. The second-order valence-electron chi connectivity index (χ2n) is 12.2. The summed E-state index contributed by atoms with van der Waals surface area (Å²) in [5.41, 5.74) is 12.6. The van der Waals surface area contributed by atoms with E-state index in [0.29, 0.717) is 5.41 Å². The fraction of sp³-hybridized carbons (Fsp3) is 0.444. The van der Waals surface area contributed by atoms with Crippen LogP contribution in [0.15, 0.2) is 58.8 Å². The van der Waals surface area contributed by atoms with E-state index in [4.69, 9.17) is 9.98 Å². The van der Waals surface area contributed by atoms with Crippen molar-refractivity contribution in [1.82, 2.24) is 14.9 Å². The van der Waals surface area contributed by atoms with E-state index in [-0.39, 0.29) is 0 Å². The van der Waals surface area contributed by atoms with Gasteiger partial charge in [0.15, 0.2) is 0 Å². The molecule has 2 aromatic carbocycles. The van der Waals surface area contributed by atoms with Crippen LogP contribution >= 0.6 is 0 Å². The van der Waals surface area contributed by atoms with Gasteiger partial charge in [0.2, 0.25) is 0 Å². The first kappa shape index (κ1) is 29.1. The number of aromatic nitrogens is 2. The third kappa shape index (κ3) is 6.11. The molecular formula is C36H45N5. The van der Waals surface area contributed by atoms with Crippen LogP contribution in [0.4, 0.5) is 0 Å².